The zero-order valence-electron chi connectivity index (χ0n) is 14.2. The number of hydrogen-bond donors (Lipinski definition) is 3. The number of aliphatic carboxylic acids is 1. The van der Waals surface area contributed by atoms with E-state index in [-0.39, 0.29) is 16.6 Å². The lowest BCUT2D eigenvalue weighted by atomic mass is 10.1. The molecular formula is C17H24N2O4S. The molecule has 0 saturated carbocycles. The third kappa shape index (κ3) is 5.58. The van der Waals surface area contributed by atoms with Crippen LogP contribution in [0.5, 0.6) is 5.75 Å². The molecule has 1 atom stereocenters. The van der Waals surface area contributed by atoms with Crippen molar-refractivity contribution >= 4 is 34.6 Å². The zero-order valence-corrected chi connectivity index (χ0v) is 15.0. The fourth-order valence-corrected chi connectivity index (χ4v) is 2.84. The fourth-order valence-electron chi connectivity index (χ4n) is 2.08. The maximum atomic E-state index is 12.0. The number of carbonyl (C=O) groups is 2. The van der Waals surface area contributed by atoms with Gasteiger partial charge in [0.15, 0.2) is 0 Å². The first-order valence-electron chi connectivity index (χ1n) is 7.71. The Morgan fingerprint density at radius 1 is 1.33 bits per heavy atom. The predicted octanol–water partition coefficient (Wildman–Crippen LogP) is 2.31. The van der Waals surface area contributed by atoms with Crippen molar-refractivity contribution in [3.8, 4) is 5.75 Å². The van der Waals surface area contributed by atoms with Crippen LogP contribution in [0.4, 0.5) is 5.69 Å². The summed E-state index contributed by atoms with van der Waals surface area (Å²) in [5, 5.41) is 18.6. The van der Waals surface area contributed by atoms with Crippen molar-refractivity contribution in [3.63, 3.8) is 0 Å². The third-order valence-corrected chi connectivity index (χ3v) is 4.66. The summed E-state index contributed by atoms with van der Waals surface area (Å²) in [6.45, 7) is 7.37. The molecule has 6 nitrogen and oxygen atoms in total. The number of rotatable bonds is 8. The minimum Gasteiger partial charge on any atom is -0.507 e. The van der Waals surface area contributed by atoms with E-state index in [0.29, 0.717) is 11.1 Å². The summed E-state index contributed by atoms with van der Waals surface area (Å²) in [5.74, 6) is -1.04. The van der Waals surface area contributed by atoms with E-state index in [9.17, 15) is 14.7 Å². The van der Waals surface area contributed by atoms with Gasteiger partial charge >= 0.3 is 5.97 Å². The molecule has 7 heteroatoms. The molecule has 0 aliphatic rings. The van der Waals surface area contributed by atoms with Gasteiger partial charge in [0.25, 0.3) is 0 Å². The molecule has 1 rings (SSSR count). The lowest BCUT2D eigenvalue weighted by Crippen LogP contribution is -2.32. The predicted molar refractivity (Wildman–Crippen MR) is 98.4 cm³/mol. The molecule has 0 fully saturated rings. The van der Waals surface area contributed by atoms with Gasteiger partial charge in [0.05, 0.1) is 0 Å². The van der Waals surface area contributed by atoms with Crippen LogP contribution >= 0.6 is 11.8 Å². The van der Waals surface area contributed by atoms with Crippen molar-refractivity contribution < 1.29 is 19.8 Å². The van der Waals surface area contributed by atoms with Gasteiger partial charge in [-0.3, -0.25) is 9.59 Å². The number of nitrogens with zero attached hydrogens (tertiary/aromatic N) is 1. The van der Waals surface area contributed by atoms with E-state index in [4.69, 9.17) is 10.8 Å². The van der Waals surface area contributed by atoms with Gasteiger partial charge in [-0.05, 0) is 39.0 Å². The number of thioether (sulfide) groups is 1. The van der Waals surface area contributed by atoms with Crippen LogP contribution in [0.15, 0.2) is 23.8 Å². The Labute approximate surface area is 146 Å². The molecule has 1 aromatic rings. The molecule has 0 spiro atoms. The Morgan fingerprint density at radius 2 is 1.96 bits per heavy atom. The molecule has 0 unspecified atom stereocenters. The Morgan fingerprint density at radius 3 is 2.46 bits per heavy atom. The summed E-state index contributed by atoms with van der Waals surface area (Å²) in [5.41, 5.74) is 7.25. The number of carbonyl (C=O) groups excluding carboxylic acids is 1. The highest BCUT2D eigenvalue weighted by Crippen LogP contribution is 2.27. The third-order valence-electron chi connectivity index (χ3n) is 3.55. The van der Waals surface area contributed by atoms with E-state index in [0.717, 1.165) is 30.5 Å². The SMILES string of the molecule is CCN(CC)c1ccc(/C=C(\C)C(=O)SC[C@H](N)C(=O)O)c(O)c1. The molecular weight excluding hydrogens is 328 g/mol. The fraction of sp³-hybridized carbons (Fsp3) is 0.412. The summed E-state index contributed by atoms with van der Waals surface area (Å²) >= 11 is 0.858. The topological polar surface area (TPSA) is 104 Å². The smallest absolute Gasteiger partial charge is 0.321 e. The minimum absolute atomic E-state index is 0.00618. The van der Waals surface area contributed by atoms with Crippen LogP contribution in [0.1, 0.15) is 26.3 Å². The Balaban J connectivity index is 2.84. The number of carboxylic acid groups (broad SMARTS) is 1. The van der Waals surface area contributed by atoms with Crippen LogP contribution in [-0.4, -0.2) is 46.2 Å². The standard InChI is InChI=1S/C17H24N2O4S/c1-4-19(5-2)13-7-6-12(15(20)9-13)8-11(3)17(23)24-10-14(18)16(21)22/h6-9,14,20H,4-5,10,18H2,1-3H3,(H,21,22)/b11-8+/t14-/m0/s1. The van der Waals surface area contributed by atoms with Crippen molar-refractivity contribution in [2.75, 3.05) is 23.7 Å². The quantitative estimate of drug-likeness (QED) is 0.617. The number of nitrogens with two attached hydrogens (primary N) is 1. The van der Waals surface area contributed by atoms with Gasteiger partial charge in [0.2, 0.25) is 5.12 Å². The molecule has 0 heterocycles. The number of aromatic hydroxyl groups is 1. The van der Waals surface area contributed by atoms with Crippen molar-refractivity contribution in [2.24, 2.45) is 5.73 Å². The molecule has 0 aliphatic carbocycles. The highest BCUT2D eigenvalue weighted by molar-refractivity contribution is 8.14. The summed E-state index contributed by atoms with van der Waals surface area (Å²) in [6, 6.07) is 4.25. The molecule has 0 bridgehead atoms. The van der Waals surface area contributed by atoms with Gasteiger partial charge < -0.3 is 20.8 Å². The van der Waals surface area contributed by atoms with Gasteiger partial charge in [0, 0.05) is 41.7 Å². The van der Waals surface area contributed by atoms with E-state index in [1.807, 2.05) is 19.9 Å². The number of phenols is 1. The van der Waals surface area contributed by atoms with E-state index in [2.05, 4.69) is 4.90 Å². The first-order valence-corrected chi connectivity index (χ1v) is 8.70. The van der Waals surface area contributed by atoms with Crippen LogP contribution in [0.25, 0.3) is 6.08 Å². The van der Waals surface area contributed by atoms with Crippen molar-refractivity contribution in [3.05, 3.63) is 29.3 Å². The maximum Gasteiger partial charge on any atom is 0.321 e. The van der Waals surface area contributed by atoms with Gasteiger partial charge in [-0.25, -0.2) is 0 Å². The summed E-state index contributed by atoms with van der Waals surface area (Å²) in [4.78, 5) is 24.8. The Hall–Kier alpha value is -1.99. The maximum absolute atomic E-state index is 12.0. The molecule has 0 aromatic heterocycles. The molecule has 0 amide bonds. The lowest BCUT2D eigenvalue weighted by Gasteiger charge is -2.21. The van der Waals surface area contributed by atoms with Gasteiger partial charge in [-0.15, -0.1) is 0 Å². The second-order valence-electron chi connectivity index (χ2n) is 5.29. The largest absolute Gasteiger partial charge is 0.507 e. The van der Waals surface area contributed by atoms with Gasteiger partial charge in [0.1, 0.15) is 11.8 Å². The van der Waals surface area contributed by atoms with E-state index in [1.54, 1.807) is 25.1 Å². The van der Waals surface area contributed by atoms with E-state index >= 15 is 0 Å². The first-order chi connectivity index (χ1) is 11.3. The molecule has 1 aromatic carbocycles. The normalized spacial score (nSPS) is 12.8. The summed E-state index contributed by atoms with van der Waals surface area (Å²) < 4.78 is 0. The molecule has 4 N–H and O–H groups in total. The molecule has 0 saturated heterocycles. The van der Waals surface area contributed by atoms with Crippen LogP contribution in [0.2, 0.25) is 0 Å². The lowest BCUT2D eigenvalue weighted by molar-refractivity contribution is -0.137. The molecule has 132 valence electrons. The van der Waals surface area contributed by atoms with Crippen molar-refractivity contribution in [1.82, 2.24) is 0 Å². The van der Waals surface area contributed by atoms with E-state index < -0.39 is 12.0 Å². The summed E-state index contributed by atoms with van der Waals surface area (Å²) in [7, 11) is 0. The van der Waals surface area contributed by atoms with Gasteiger partial charge in [-0.1, -0.05) is 11.8 Å². The monoisotopic (exact) mass is 352 g/mol. The highest BCUT2D eigenvalue weighted by Gasteiger charge is 2.15. The first kappa shape index (κ1) is 20.1. The van der Waals surface area contributed by atoms with Crippen LogP contribution in [-0.2, 0) is 9.59 Å². The molecule has 0 radical (unpaired) electrons. The van der Waals surface area contributed by atoms with Crippen LogP contribution in [0.3, 0.4) is 0 Å². The Kier molecular flexibility index (Phi) is 7.81. The number of carboxylic acids is 1. The van der Waals surface area contributed by atoms with Crippen molar-refractivity contribution in [2.45, 2.75) is 26.8 Å². The average Bonchev–Trinajstić information content (AvgIpc) is 2.55. The number of hydrogen-bond acceptors (Lipinski definition) is 6. The number of phenolic OH excluding ortho intramolecular Hbond substituents is 1. The zero-order chi connectivity index (χ0) is 18.3. The second kappa shape index (κ2) is 9.34. The highest BCUT2D eigenvalue weighted by atomic mass is 32.2. The number of anilines is 1. The van der Waals surface area contributed by atoms with Crippen LogP contribution in [0, 0.1) is 0 Å². The Bertz CT molecular complexity index is 627. The van der Waals surface area contributed by atoms with E-state index in [1.165, 1.54) is 0 Å². The van der Waals surface area contributed by atoms with Crippen molar-refractivity contribution in [1.29, 1.82) is 0 Å². The molecule has 24 heavy (non-hydrogen) atoms. The van der Waals surface area contributed by atoms with Crippen LogP contribution < -0.4 is 10.6 Å². The number of benzene rings is 1. The molecule has 0 aliphatic heterocycles. The second-order valence-corrected chi connectivity index (χ2v) is 6.28. The van der Waals surface area contributed by atoms with Gasteiger partial charge in [-0.2, -0.15) is 0 Å². The summed E-state index contributed by atoms with van der Waals surface area (Å²) in [6.07, 6.45) is 1.59. The minimum atomic E-state index is -1.14. The average molecular weight is 352 g/mol.